The number of rotatable bonds is 3. The lowest BCUT2D eigenvalue weighted by molar-refractivity contribution is -0.121. The fourth-order valence-electron chi connectivity index (χ4n) is 4.54. The molecular weight excluding hydrogens is 454 g/mol. The predicted molar refractivity (Wildman–Crippen MR) is 137 cm³/mol. The van der Waals surface area contributed by atoms with E-state index in [0.29, 0.717) is 18.7 Å². The van der Waals surface area contributed by atoms with Crippen LogP contribution in [0.25, 0.3) is 22.0 Å². The number of anilines is 1. The first-order chi connectivity index (χ1) is 17.3. The van der Waals surface area contributed by atoms with Gasteiger partial charge in [-0.2, -0.15) is 0 Å². The normalized spacial score (nSPS) is 15.3. The molecule has 4 aromatic rings. The number of benzene rings is 2. The molecule has 2 aromatic carbocycles. The third kappa shape index (κ3) is 4.75. The van der Waals surface area contributed by atoms with Gasteiger partial charge in [-0.3, -0.25) is 14.7 Å². The molecule has 0 saturated heterocycles. The Hall–Kier alpha value is -4.33. The van der Waals surface area contributed by atoms with Gasteiger partial charge in [-0.25, -0.2) is 14.8 Å². The van der Waals surface area contributed by atoms with Crippen molar-refractivity contribution in [3.05, 3.63) is 84.6 Å². The van der Waals surface area contributed by atoms with Crippen LogP contribution in [0.3, 0.4) is 0 Å². The van der Waals surface area contributed by atoms with Gasteiger partial charge in [0.05, 0.1) is 5.52 Å². The lowest BCUT2D eigenvalue weighted by atomic mass is 9.87. The van der Waals surface area contributed by atoms with Gasteiger partial charge in [-0.1, -0.05) is 24.3 Å². The Morgan fingerprint density at radius 3 is 2.64 bits per heavy atom. The summed E-state index contributed by atoms with van der Waals surface area (Å²) < 4.78 is 5.67. The van der Waals surface area contributed by atoms with Gasteiger partial charge in [-0.05, 0) is 68.1 Å². The zero-order valence-electron chi connectivity index (χ0n) is 20.4. The van der Waals surface area contributed by atoms with Crippen LogP contribution in [0.2, 0.25) is 0 Å². The molecule has 36 heavy (non-hydrogen) atoms. The number of hydrogen-bond donors (Lipinski definition) is 1. The number of carbonyl (C=O) groups excluding carboxylic acids is 2. The number of nitrogens with zero attached hydrogens (tertiary/aromatic N) is 4. The van der Waals surface area contributed by atoms with Crippen LogP contribution in [0.5, 0.6) is 0 Å². The highest BCUT2D eigenvalue weighted by molar-refractivity contribution is 5.99. The van der Waals surface area contributed by atoms with E-state index in [4.69, 9.17) is 4.74 Å². The van der Waals surface area contributed by atoms with Gasteiger partial charge in [0.1, 0.15) is 18.0 Å². The van der Waals surface area contributed by atoms with Crippen molar-refractivity contribution in [3.63, 3.8) is 0 Å². The first-order valence-electron chi connectivity index (χ1n) is 11.8. The first kappa shape index (κ1) is 23.4. The number of carbonyl (C=O) groups is 2. The topological polar surface area (TPSA) is 97.3 Å². The van der Waals surface area contributed by atoms with E-state index in [9.17, 15) is 9.59 Å². The highest BCUT2D eigenvalue weighted by atomic mass is 16.6. The molecule has 0 spiro atoms. The molecule has 0 saturated carbocycles. The predicted octanol–water partition coefficient (Wildman–Crippen LogP) is 5.16. The fraction of sp³-hybridized carbons (Fsp3) is 0.250. The van der Waals surface area contributed by atoms with Crippen molar-refractivity contribution < 1.29 is 14.3 Å². The lowest BCUT2D eigenvalue weighted by Crippen LogP contribution is -2.47. The molecule has 0 bridgehead atoms. The zero-order valence-corrected chi connectivity index (χ0v) is 20.4. The first-order valence-corrected chi connectivity index (χ1v) is 11.8. The van der Waals surface area contributed by atoms with Crippen molar-refractivity contribution in [2.75, 3.05) is 11.9 Å². The van der Waals surface area contributed by atoms with E-state index < -0.39 is 17.7 Å². The molecule has 2 aromatic heterocycles. The molecule has 8 nitrogen and oxygen atoms in total. The van der Waals surface area contributed by atoms with Crippen LogP contribution in [-0.4, -0.2) is 44.0 Å². The molecule has 5 rings (SSSR count). The summed E-state index contributed by atoms with van der Waals surface area (Å²) in [5.41, 5.74) is 4.34. The van der Waals surface area contributed by atoms with E-state index in [2.05, 4.69) is 20.3 Å². The fourth-order valence-corrected chi connectivity index (χ4v) is 4.54. The largest absolute Gasteiger partial charge is 0.444 e. The SMILES string of the molecule is CC(C)(C)OC(=O)N1CCc2c(-c3cncnc3)cccc2C1C(=O)Nc1ccc2ncccc2c1. The van der Waals surface area contributed by atoms with Crippen molar-refractivity contribution >= 4 is 28.6 Å². The van der Waals surface area contributed by atoms with Gasteiger partial charge >= 0.3 is 6.09 Å². The maximum Gasteiger partial charge on any atom is 0.411 e. The van der Waals surface area contributed by atoms with Crippen LogP contribution in [0.15, 0.2) is 73.4 Å². The molecular formula is C28H27N5O3. The summed E-state index contributed by atoms with van der Waals surface area (Å²) in [4.78, 5) is 41.2. The van der Waals surface area contributed by atoms with Gasteiger partial charge in [0.25, 0.3) is 5.91 Å². The molecule has 0 fully saturated rings. The van der Waals surface area contributed by atoms with Crippen LogP contribution in [0.4, 0.5) is 10.5 Å². The average molecular weight is 482 g/mol. The summed E-state index contributed by atoms with van der Waals surface area (Å²) in [6.45, 7) is 5.78. The van der Waals surface area contributed by atoms with Crippen LogP contribution < -0.4 is 5.32 Å². The number of ether oxygens (including phenoxy) is 1. The van der Waals surface area contributed by atoms with Gasteiger partial charge in [0.2, 0.25) is 0 Å². The Morgan fingerprint density at radius 1 is 1.06 bits per heavy atom. The number of pyridine rings is 1. The Morgan fingerprint density at radius 2 is 1.86 bits per heavy atom. The van der Waals surface area contributed by atoms with E-state index in [1.807, 2.05) is 69.3 Å². The summed E-state index contributed by atoms with van der Waals surface area (Å²) in [5, 5.41) is 3.92. The van der Waals surface area contributed by atoms with Crippen molar-refractivity contribution in [2.24, 2.45) is 0 Å². The second-order valence-electron chi connectivity index (χ2n) is 9.73. The van der Waals surface area contributed by atoms with Crippen LogP contribution >= 0.6 is 0 Å². The molecule has 3 heterocycles. The van der Waals surface area contributed by atoms with Crippen molar-refractivity contribution in [1.82, 2.24) is 19.9 Å². The Kier molecular flexibility index (Phi) is 6.10. The monoisotopic (exact) mass is 481 g/mol. The second kappa shape index (κ2) is 9.37. The molecule has 182 valence electrons. The molecule has 1 unspecified atom stereocenters. The van der Waals surface area contributed by atoms with Crippen molar-refractivity contribution in [1.29, 1.82) is 0 Å². The molecule has 1 atom stereocenters. The Bertz CT molecular complexity index is 1430. The van der Waals surface area contributed by atoms with Crippen molar-refractivity contribution in [3.8, 4) is 11.1 Å². The summed E-state index contributed by atoms with van der Waals surface area (Å²) in [6, 6.07) is 14.3. The summed E-state index contributed by atoms with van der Waals surface area (Å²) in [7, 11) is 0. The maximum atomic E-state index is 13.8. The van der Waals surface area contributed by atoms with E-state index in [0.717, 1.165) is 33.2 Å². The maximum absolute atomic E-state index is 13.8. The Labute approximate surface area is 209 Å². The van der Waals surface area contributed by atoms with Gasteiger partial charge in [0.15, 0.2) is 0 Å². The summed E-state index contributed by atoms with van der Waals surface area (Å²) in [6.07, 6.45) is 6.77. The van der Waals surface area contributed by atoms with E-state index in [1.165, 1.54) is 11.2 Å². The molecule has 0 radical (unpaired) electrons. The van der Waals surface area contributed by atoms with Crippen LogP contribution in [0, 0.1) is 0 Å². The van der Waals surface area contributed by atoms with Crippen LogP contribution in [0.1, 0.15) is 37.9 Å². The molecule has 8 heteroatoms. The number of aromatic nitrogens is 3. The minimum absolute atomic E-state index is 0.313. The highest BCUT2D eigenvalue weighted by Crippen LogP contribution is 2.37. The third-order valence-corrected chi connectivity index (χ3v) is 6.04. The second-order valence-corrected chi connectivity index (χ2v) is 9.73. The van der Waals surface area contributed by atoms with Gasteiger partial charge in [0, 0.05) is 41.8 Å². The van der Waals surface area contributed by atoms with Crippen molar-refractivity contribution in [2.45, 2.75) is 38.8 Å². The average Bonchev–Trinajstić information content (AvgIpc) is 2.87. The highest BCUT2D eigenvalue weighted by Gasteiger charge is 2.39. The minimum atomic E-state index is -0.863. The zero-order chi connectivity index (χ0) is 25.3. The Balaban J connectivity index is 1.54. The van der Waals surface area contributed by atoms with E-state index in [-0.39, 0.29) is 5.91 Å². The molecule has 1 aliphatic heterocycles. The number of nitrogens with one attached hydrogen (secondary N) is 1. The minimum Gasteiger partial charge on any atom is -0.444 e. The van der Waals surface area contributed by atoms with E-state index >= 15 is 0 Å². The number of amides is 2. The third-order valence-electron chi connectivity index (χ3n) is 6.04. The molecule has 1 N–H and O–H groups in total. The summed E-state index contributed by atoms with van der Waals surface area (Å²) >= 11 is 0. The molecule has 2 amide bonds. The number of fused-ring (bicyclic) bond motifs is 2. The quantitative estimate of drug-likeness (QED) is 0.434. The molecule has 1 aliphatic rings. The smallest absolute Gasteiger partial charge is 0.411 e. The standard InChI is InChI=1S/C28H27N5O3/c1-28(2,3)36-27(35)33-13-11-22-21(19-15-29-17-30-16-19)7-4-8-23(22)25(33)26(34)32-20-9-10-24-18(14-20)6-5-12-31-24/h4-10,12,14-17,25H,11,13H2,1-3H3,(H,32,34). The van der Waals surface area contributed by atoms with Crippen LogP contribution in [-0.2, 0) is 16.0 Å². The van der Waals surface area contributed by atoms with E-state index in [1.54, 1.807) is 18.6 Å². The van der Waals surface area contributed by atoms with Gasteiger partial charge < -0.3 is 10.1 Å². The number of hydrogen-bond acceptors (Lipinski definition) is 6. The molecule has 0 aliphatic carbocycles. The van der Waals surface area contributed by atoms with Gasteiger partial charge in [-0.15, -0.1) is 0 Å². The summed E-state index contributed by atoms with van der Waals surface area (Å²) in [5.74, 6) is -0.313. The lowest BCUT2D eigenvalue weighted by Gasteiger charge is -2.38.